The van der Waals surface area contributed by atoms with E-state index >= 15 is 4.79 Å². The second-order valence-corrected chi connectivity index (χ2v) is 14.5. The van der Waals surface area contributed by atoms with Crippen LogP contribution in [0.3, 0.4) is 0 Å². The first-order valence-electron chi connectivity index (χ1n) is 19.8. The molecule has 2 aliphatic heterocycles. The average Bonchev–Trinajstić information content (AvgIpc) is 3.31. The first-order valence-corrected chi connectivity index (χ1v) is 19.8. The molecule has 0 bridgehead atoms. The molecule has 0 spiro atoms. The van der Waals surface area contributed by atoms with E-state index in [1.54, 1.807) is 0 Å². The number of nitrogens with zero attached hydrogens (tertiary/aromatic N) is 10. The van der Waals surface area contributed by atoms with E-state index in [2.05, 4.69) is 41.7 Å². The van der Waals surface area contributed by atoms with Crippen molar-refractivity contribution in [2.45, 2.75) is 0 Å². The van der Waals surface area contributed by atoms with Crippen LogP contribution in [0.2, 0.25) is 0 Å². The number of hydrogen-bond donors (Lipinski definition) is 0. The van der Waals surface area contributed by atoms with Gasteiger partial charge in [-0.15, -0.1) is 0 Å². The molecule has 0 radical (unpaired) electrons. The Bertz CT molecular complexity index is 2530. The monoisotopic (exact) mass is 760 g/mol. The molecule has 4 aromatic carbocycles. The number of benzene rings is 4. The molecule has 4 aromatic heterocycles. The third-order valence-corrected chi connectivity index (χ3v) is 11.1. The molecule has 0 aliphatic carbocycles. The lowest BCUT2D eigenvalue weighted by molar-refractivity contribution is 0.103. The Morgan fingerprint density at radius 3 is 1.19 bits per heavy atom. The van der Waals surface area contributed by atoms with E-state index in [9.17, 15) is 0 Å². The van der Waals surface area contributed by atoms with Gasteiger partial charge >= 0.3 is 0 Å². The van der Waals surface area contributed by atoms with E-state index in [1.807, 2.05) is 134 Å². The predicted octanol–water partition coefficient (Wildman–Crippen LogP) is 7.58. The summed E-state index contributed by atoms with van der Waals surface area (Å²) in [7, 11) is 0. The standard InChI is InChI=1S/C47H40N10O/c58-45(43-41-35(50-46(52-43)33-13-3-1-4-14-33)17-11-19-37(41)54-25-29-56(30-26-54)39-21-7-9-23-48-39)44-42-36(51-47(53-44)34-15-5-2-6-16-34)18-12-20-38(42)55-27-31-57(32-28-55)40-22-8-10-24-49-40/h1-24H,25-32H2. The molecule has 0 unspecified atom stereocenters. The van der Waals surface area contributed by atoms with E-state index in [-0.39, 0.29) is 5.78 Å². The molecule has 284 valence electrons. The molecule has 2 fully saturated rings. The van der Waals surface area contributed by atoms with Crippen molar-refractivity contribution in [2.75, 3.05) is 72.0 Å². The van der Waals surface area contributed by atoms with Crippen LogP contribution >= 0.6 is 0 Å². The molecule has 0 N–H and O–H groups in total. The summed E-state index contributed by atoms with van der Waals surface area (Å²) < 4.78 is 0. The first-order chi connectivity index (χ1) is 28.7. The predicted molar refractivity (Wildman–Crippen MR) is 231 cm³/mol. The Kier molecular flexibility index (Phi) is 9.30. The maximum absolute atomic E-state index is 15.7. The van der Waals surface area contributed by atoms with Gasteiger partial charge in [0.25, 0.3) is 0 Å². The van der Waals surface area contributed by atoms with Gasteiger partial charge in [-0.1, -0.05) is 84.9 Å². The van der Waals surface area contributed by atoms with Gasteiger partial charge in [0.15, 0.2) is 11.6 Å². The number of ketones is 1. The van der Waals surface area contributed by atoms with Crippen LogP contribution in [0.25, 0.3) is 44.6 Å². The molecule has 10 rings (SSSR count). The van der Waals surface area contributed by atoms with Gasteiger partial charge in [-0.3, -0.25) is 4.79 Å². The lowest BCUT2D eigenvalue weighted by atomic mass is 10.0. The highest BCUT2D eigenvalue weighted by Crippen LogP contribution is 2.36. The number of anilines is 4. The first kappa shape index (κ1) is 35.2. The number of fused-ring (bicyclic) bond motifs is 2. The summed E-state index contributed by atoms with van der Waals surface area (Å²) in [4.78, 5) is 54.7. The van der Waals surface area contributed by atoms with Crippen LogP contribution in [0.1, 0.15) is 16.2 Å². The number of aromatic nitrogens is 6. The van der Waals surface area contributed by atoms with Gasteiger partial charge in [-0.25, -0.2) is 29.9 Å². The second-order valence-electron chi connectivity index (χ2n) is 14.5. The maximum Gasteiger partial charge on any atom is 0.231 e. The normalized spacial score (nSPS) is 14.6. The topological polar surface area (TPSA) is 107 Å². The summed E-state index contributed by atoms with van der Waals surface area (Å²) in [5, 5.41) is 1.43. The van der Waals surface area contributed by atoms with Crippen molar-refractivity contribution in [1.29, 1.82) is 0 Å². The van der Waals surface area contributed by atoms with Crippen LogP contribution in [0.5, 0.6) is 0 Å². The van der Waals surface area contributed by atoms with Crippen molar-refractivity contribution in [2.24, 2.45) is 0 Å². The molecule has 8 aromatic rings. The van der Waals surface area contributed by atoms with Crippen molar-refractivity contribution < 1.29 is 4.79 Å². The van der Waals surface area contributed by atoms with E-state index in [0.717, 1.165) is 86.5 Å². The van der Waals surface area contributed by atoms with Gasteiger partial charge in [0.1, 0.15) is 23.0 Å². The van der Waals surface area contributed by atoms with Gasteiger partial charge in [-0.05, 0) is 48.5 Å². The summed E-state index contributed by atoms with van der Waals surface area (Å²) in [6.07, 6.45) is 3.67. The highest BCUT2D eigenvalue weighted by Gasteiger charge is 2.29. The summed E-state index contributed by atoms with van der Waals surface area (Å²) in [5.41, 5.74) is 5.56. The van der Waals surface area contributed by atoms with Crippen molar-refractivity contribution in [1.82, 2.24) is 29.9 Å². The van der Waals surface area contributed by atoms with E-state index < -0.39 is 0 Å². The van der Waals surface area contributed by atoms with Crippen molar-refractivity contribution >= 4 is 50.6 Å². The fraction of sp³-hybridized carbons (Fsp3) is 0.170. The van der Waals surface area contributed by atoms with Crippen molar-refractivity contribution in [3.63, 3.8) is 0 Å². The number of pyridine rings is 2. The molecular weight excluding hydrogens is 721 g/mol. The molecule has 2 aliphatic rings. The minimum absolute atomic E-state index is 0.270. The molecular formula is C47H40N10O. The molecule has 58 heavy (non-hydrogen) atoms. The third kappa shape index (κ3) is 6.70. The van der Waals surface area contributed by atoms with E-state index in [4.69, 9.17) is 19.9 Å². The van der Waals surface area contributed by atoms with Crippen molar-refractivity contribution in [3.8, 4) is 22.8 Å². The number of hydrogen-bond acceptors (Lipinski definition) is 11. The summed E-state index contributed by atoms with van der Waals surface area (Å²) in [6, 6.07) is 43.9. The van der Waals surface area contributed by atoms with Crippen LogP contribution in [-0.2, 0) is 0 Å². The Balaban J connectivity index is 1.12. The minimum atomic E-state index is -0.270. The number of carbonyl (C=O) groups excluding carboxylic acids is 1. The fourth-order valence-electron chi connectivity index (χ4n) is 8.16. The minimum Gasteiger partial charge on any atom is -0.367 e. The zero-order valence-corrected chi connectivity index (χ0v) is 31.9. The van der Waals surface area contributed by atoms with E-state index in [1.165, 1.54) is 0 Å². The molecule has 0 amide bonds. The van der Waals surface area contributed by atoms with Crippen LogP contribution in [-0.4, -0.2) is 88.0 Å². The lowest BCUT2D eigenvalue weighted by Crippen LogP contribution is -2.47. The van der Waals surface area contributed by atoms with E-state index in [0.29, 0.717) is 44.8 Å². The lowest BCUT2D eigenvalue weighted by Gasteiger charge is -2.37. The third-order valence-electron chi connectivity index (χ3n) is 11.1. The van der Waals surface area contributed by atoms with Gasteiger partial charge in [-0.2, -0.15) is 0 Å². The summed E-state index contributed by atoms with van der Waals surface area (Å²) in [6.45, 7) is 6.11. The van der Waals surface area contributed by atoms with Gasteiger partial charge < -0.3 is 19.6 Å². The highest BCUT2D eigenvalue weighted by molar-refractivity contribution is 6.22. The zero-order chi connectivity index (χ0) is 38.8. The van der Waals surface area contributed by atoms with Gasteiger partial charge in [0, 0.05) is 87.3 Å². The Hall–Kier alpha value is -7.27. The molecule has 0 saturated carbocycles. The Morgan fingerprint density at radius 2 is 0.793 bits per heavy atom. The Labute approximate surface area is 336 Å². The number of piperazine rings is 2. The summed E-state index contributed by atoms with van der Waals surface area (Å²) in [5.74, 6) is 2.63. The van der Waals surface area contributed by atoms with Gasteiger partial charge in [0.2, 0.25) is 5.78 Å². The van der Waals surface area contributed by atoms with Crippen LogP contribution in [0.4, 0.5) is 23.0 Å². The maximum atomic E-state index is 15.7. The summed E-state index contributed by atoms with van der Waals surface area (Å²) >= 11 is 0. The highest BCUT2D eigenvalue weighted by atomic mass is 16.1. The molecule has 0 atom stereocenters. The largest absolute Gasteiger partial charge is 0.367 e. The molecule has 11 nitrogen and oxygen atoms in total. The van der Waals surface area contributed by atoms with Crippen LogP contribution in [0.15, 0.2) is 146 Å². The molecule has 2 saturated heterocycles. The average molecular weight is 761 g/mol. The smallest absolute Gasteiger partial charge is 0.231 e. The Morgan fingerprint density at radius 1 is 0.397 bits per heavy atom. The van der Waals surface area contributed by atoms with Gasteiger partial charge in [0.05, 0.1) is 21.8 Å². The number of carbonyl (C=O) groups is 1. The fourth-order valence-corrected chi connectivity index (χ4v) is 8.16. The SMILES string of the molecule is O=C(c1nc(-c2ccccc2)nc2cccc(N3CCN(c4ccccn4)CC3)c12)c1nc(-c2ccccc2)nc2cccc(N3CCN(c4ccccn4)CC3)c12. The zero-order valence-electron chi connectivity index (χ0n) is 31.9. The van der Waals surface area contributed by atoms with Crippen LogP contribution in [0, 0.1) is 0 Å². The quantitative estimate of drug-likeness (QED) is 0.143. The van der Waals surface area contributed by atoms with Crippen molar-refractivity contribution in [3.05, 3.63) is 157 Å². The molecule has 11 heteroatoms. The van der Waals surface area contributed by atoms with Crippen LogP contribution < -0.4 is 19.6 Å². The second kappa shape index (κ2) is 15.3. The molecule has 6 heterocycles. The number of rotatable bonds is 8.